The lowest BCUT2D eigenvalue weighted by atomic mass is 10.3. The summed E-state index contributed by atoms with van der Waals surface area (Å²) in [6, 6.07) is 0.206. The van der Waals surface area contributed by atoms with Gasteiger partial charge in [-0.05, 0) is 26.0 Å². The number of nitrogens with zero attached hydrogens (tertiary/aromatic N) is 1. The maximum absolute atomic E-state index is 11.5. The molecule has 90 valence electrons. The molecule has 1 rings (SSSR count). The van der Waals surface area contributed by atoms with Crippen LogP contribution in [0.25, 0.3) is 0 Å². The van der Waals surface area contributed by atoms with Crippen molar-refractivity contribution < 1.29 is 4.79 Å². The highest BCUT2D eigenvalue weighted by molar-refractivity contribution is 7.99. The highest BCUT2D eigenvalue weighted by atomic mass is 32.2. The van der Waals surface area contributed by atoms with Crippen LogP contribution in [-0.4, -0.2) is 28.4 Å². The number of aryl methyl sites for hydroxylation is 1. The number of thiazole rings is 1. The largest absolute Gasteiger partial charge is 0.328 e. The Labute approximate surface area is 104 Å². The van der Waals surface area contributed by atoms with Crippen LogP contribution < -0.4 is 11.1 Å². The fraction of sp³-hybridized carbons (Fsp3) is 0.600. The number of carbonyl (C=O) groups is 1. The Bertz CT molecular complexity index is 339. The van der Waals surface area contributed by atoms with Crippen molar-refractivity contribution in [3.8, 4) is 0 Å². The Hall–Kier alpha value is -0.590. The Morgan fingerprint density at radius 2 is 2.50 bits per heavy atom. The van der Waals surface area contributed by atoms with Crippen molar-refractivity contribution in [2.45, 2.75) is 26.3 Å². The first-order valence-corrected chi connectivity index (χ1v) is 7.16. The summed E-state index contributed by atoms with van der Waals surface area (Å²) in [5.74, 6) is 1.39. The Morgan fingerprint density at radius 3 is 3.06 bits per heavy atom. The Kier molecular flexibility index (Phi) is 5.79. The molecule has 4 nitrogen and oxygen atoms in total. The number of thioether (sulfide) groups is 1. The molecule has 1 aromatic rings. The molecule has 3 N–H and O–H groups in total. The second-order valence-corrected chi connectivity index (χ2v) is 5.62. The van der Waals surface area contributed by atoms with E-state index in [0.717, 1.165) is 17.9 Å². The summed E-state index contributed by atoms with van der Waals surface area (Å²) in [5, 5.41) is 5.36. The van der Waals surface area contributed by atoms with Crippen LogP contribution in [0.2, 0.25) is 0 Å². The van der Waals surface area contributed by atoms with E-state index in [-0.39, 0.29) is 11.9 Å². The summed E-state index contributed by atoms with van der Waals surface area (Å²) in [5.41, 5.74) is 6.55. The van der Waals surface area contributed by atoms with Gasteiger partial charge in [0.25, 0.3) is 0 Å². The molecular weight excluding hydrogens is 242 g/mol. The minimum absolute atomic E-state index is 0.00373. The maximum atomic E-state index is 11.5. The third-order valence-corrected chi connectivity index (χ3v) is 3.68. The molecular formula is C10H17N3OS2. The summed E-state index contributed by atoms with van der Waals surface area (Å²) >= 11 is 3.05. The van der Waals surface area contributed by atoms with E-state index in [1.54, 1.807) is 11.8 Å². The number of anilines is 1. The van der Waals surface area contributed by atoms with Crippen molar-refractivity contribution in [3.63, 3.8) is 0 Å². The molecule has 0 fully saturated rings. The van der Waals surface area contributed by atoms with E-state index in [1.807, 2.05) is 19.2 Å². The molecule has 0 saturated heterocycles. The molecule has 0 aliphatic carbocycles. The molecule has 6 heteroatoms. The van der Waals surface area contributed by atoms with Crippen LogP contribution in [0.5, 0.6) is 0 Å². The van der Waals surface area contributed by atoms with Crippen LogP contribution in [-0.2, 0) is 4.79 Å². The monoisotopic (exact) mass is 259 g/mol. The van der Waals surface area contributed by atoms with E-state index in [9.17, 15) is 4.79 Å². The summed E-state index contributed by atoms with van der Waals surface area (Å²) < 4.78 is 0. The van der Waals surface area contributed by atoms with Gasteiger partial charge in [0.2, 0.25) is 5.91 Å². The van der Waals surface area contributed by atoms with Gasteiger partial charge in [-0.3, -0.25) is 4.79 Å². The predicted octanol–water partition coefficient (Wildman–Crippen LogP) is 1.86. The molecule has 0 spiro atoms. The molecule has 1 aromatic heterocycles. The van der Waals surface area contributed by atoms with Gasteiger partial charge in [-0.2, -0.15) is 11.8 Å². The van der Waals surface area contributed by atoms with Crippen LogP contribution in [0, 0.1) is 6.92 Å². The molecule has 0 bridgehead atoms. The molecule has 1 amide bonds. The van der Waals surface area contributed by atoms with E-state index in [0.29, 0.717) is 10.9 Å². The quantitative estimate of drug-likeness (QED) is 0.765. The van der Waals surface area contributed by atoms with E-state index in [1.165, 1.54) is 11.3 Å². The van der Waals surface area contributed by atoms with Gasteiger partial charge in [-0.1, -0.05) is 0 Å². The fourth-order valence-electron chi connectivity index (χ4n) is 1.00. The number of aromatic nitrogens is 1. The predicted molar refractivity (Wildman–Crippen MR) is 71.1 cm³/mol. The Balaban J connectivity index is 2.16. The van der Waals surface area contributed by atoms with Crippen LogP contribution in [0.15, 0.2) is 5.38 Å². The molecule has 16 heavy (non-hydrogen) atoms. The number of rotatable bonds is 6. The second kappa shape index (κ2) is 6.88. The molecule has 1 heterocycles. The van der Waals surface area contributed by atoms with Gasteiger partial charge < -0.3 is 11.1 Å². The highest BCUT2D eigenvalue weighted by Gasteiger charge is 2.05. The summed E-state index contributed by atoms with van der Waals surface area (Å²) in [4.78, 5) is 15.6. The highest BCUT2D eigenvalue weighted by Crippen LogP contribution is 2.14. The van der Waals surface area contributed by atoms with Gasteiger partial charge in [-0.15, -0.1) is 11.3 Å². The number of carbonyl (C=O) groups excluding carboxylic acids is 1. The summed E-state index contributed by atoms with van der Waals surface area (Å²) in [7, 11) is 0. The topological polar surface area (TPSA) is 68.0 Å². The van der Waals surface area contributed by atoms with E-state index in [4.69, 9.17) is 5.73 Å². The number of hydrogen-bond acceptors (Lipinski definition) is 5. The lowest BCUT2D eigenvalue weighted by Gasteiger charge is -2.04. The first-order chi connectivity index (χ1) is 7.58. The molecule has 0 radical (unpaired) electrons. The number of hydrogen-bond donors (Lipinski definition) is 2. The Morgan fingerprint density at radius 1 is 1.75 bits per heavy atom. The van der Waals surface area contributed by atoms with Crippen LogP contribution in [0.4, 0.5) is 5.13 Å². The molecule has 0 aliphatic heterocycles. The standard InChI is InChI=1S/C10H17N3OS2/c1-7(11)3-4-15-6-9(14)13-10-12-8(2)5-16-10/h5,7H,3-4,6,11H2,1-2H3,(H,12,13,14). The third kappa shape index (κ3) is 5.48. The zero-order valence-corrected chi connectivity index (χ0v) is 11.2. The van der Waals surface area contributed by atoms with Gasteiger partial charge in [0.1, 0.15) is 0 Å². The summed E-state index contributed by atoms with van der Waals surface area (Å²) in [6.45, 7) is 3.88. The number of amides is 1. The third-order valence-electron chi connectivity index (χ3n) is 1.82. The first-order valence-electron chi connectivity index (χ1n) is 5.13. The van der Waals surface area contributed by atoms with Crippen LogP contribution in [0.3, 0.4) is 0 Å². The van der Waals surface area contributed by atoms with Crippen molar-refractivity contribution >= 4 is 34.1 Å². The van der Waals surface area contributed by atoms with Crippen molar-refractivity contribution in [1.82, 2.24) is 4.98 Å². The zero-order chi connectivity index (χ0) is 12.0. The fourth-order valence-corrected chi connectivity index (χ4v) is 2.65. The van der Waals surface area contributed by atoms with Gasteiger partial charge >= 0.3 is 0 Å². The minimum atomic E-state index is 0.00373. The first kappa shape index (κ1) is 13.5. The van der Waals surface area contributed by atoms with Gasteiger partial charge in [0, 0.05) is 11.4 Å². The van der Waals surface area contributed by atoms with Gasteiger partial charge in [-0.25, -0.2) is 4.98 Å². The second-order valence-electron chi connectivity index (χ2n) is 3.66. The van der Waals surface area contributed by atoms with Crippen molar-refractivity contribution in [2.24, 2.45) is 5.73 Å². The molecule has 0 aromatic carbocycles. The van der Waals surface area contributed by atoms with Crippen LogP contribution in [0.1, 0.15) is 19.0 Å². The molecule has 0 saturated carbocycles. The van der Waals surface area contributed by atoms with Crippen molar-refractivity contribution in [3.05, 3.63) is 11.1 Å². The lowest BCUT2D eigenvalue weighted by Crippen LogP contribution is -2.17. The smallest absolute Gasteiger partial charge is 0.236 e. The normalized spacial score (nSPS) is 12.4. The van der Waals surface area contributed by atoms with Gasteiger partial charge in [0.05, 0.1) is 11.4 Å². The molecule has 0 aliphatic rings. The number of nitrogens with one attached hydrogen (secondary N) is 1. The van der Waals surface area contributed by atoms with Crippen molar-refractivity contribution in [1.29, 1.82) is 0 Å². The number of nitrogens with two attached hydrogens (primary N) is 1. The van der Waals surface area contributed by atoms with Crippen LogP contribution >= 0.6 is 23.1 Å². The lowest BCUT2D eigenvalue weighted by molar-refractivity contribution is -0.113. The minimum Gasteiger partial charge on any atom is -0.328 e. The maximum Gasteiger partial charge on any atom is 0.236 e. The van der Waals surface area contributed by atoms with Crippen molar-refractivity contribution in [2.75, 3.05) is 16.8 Å². The van der Waals surface area contributed by atoms with E-state index >= 15 is 0 Å². The summed E-state index contributed by atoms with van der Waals surface area (Å²) in [6.07, 6.45) is 0.939. The zero-order valence-electron chi connectivity index (χ0n) is 9.53. The average Bonchev–Trinajstić information content (AvgIpc) is 2.58. The molecule has 1 atom stereocenters. The SMILES string of the molecule is Cc1csc(NC(=O)CSCCC(C)N)n1. The van der Waals surface area contributed by atoms with E-state index in [2.05, 4.69) is 10.3 Å². The van der Waals surface area contributed by atoms with Gasteiger partial charge in [0.15, 0.2) is 5.13 Å². The average molecular weight is 259 g/mol. The molecule has 1 unspecified atom stereocenters. The van der Waals surface area contributed by atoms with E-state index < -0.39 is 0 Å².